The molecule has 2 aliphatic heterocycles. The molecule has 0 saturated carbocycles. The molecule has 0 atom stereocenters. The Morgan fingerprint density at radius 1 is 1.18 bits per heavy atom. The van der Waals surface area contributed by atoms with Crippen LogP contribution in [0.1, 0.15) is 5.82 Å². The molecule has 4 heterocycles. The van der Waals surface area contributed by atoms with E-state index in [2.05, 4.69) is 5.10 Å². The van der Waals surface area contributed by atoms with E-state index in [-0.39, 0.29) is 16.5 Å². The molecular formula is C14H11N3O4S. The Labute approximate surface area is 124 Å². The zero-order chi connectivity index (χ0) is 15.5. The van der Waals surface area contributed by atoms with Crippen molar-refractivity contribution in [2.45, 2.75) is 13.0 Å². The average molecular weight is 317 g/mol. The van der Waals surface area contributed by atoms with Gasteiger partial charge in [0.25, 0.3) is 5.56 Å². The maximum Gasteiger partial charge on any atom is 0.278 e. The SMILES string of the molecule is O=c1ccn2nc3n(c(=O)c2c1)CC1(C=CS(=O)(=O)C=C1)C3. The zero-order valence-electron chi connectivity index (χ0n) is 11.3. The van der Waals surface area contributed by atoms with E-state index < -0.39 is 15.3 Å². The molecule has 0 amide bonds. The van der Waals surface area contributed by atoms with Crippen molar-refractivity contribution in [3.05, 3.63) is 67.7 Å². The fourth-order valence-corrected chi connectivity index (χ4v) is 3.89. The number of allylic oxidation sites excluding steroid dienone is 2. The lowest BCUT2D eigenvalue weighted by molar-refractivity contribution is 0.473. The van der Waals surface area contributed by atoms with Crippen LogP contribution in [0.5, 0.6) is 0 Å². The summed E-state index contributed by atoms with van der Waals surface area (Å²) in [5.41, 5.74) is -0.891. The minimum absolute atomic E-state index is 0.213. The maximum atomic E-state index is 12.5. The number of sulfone groups is 1. The van der Waals surface area contributed by atoms with E-state index in [9.17, 15) is 18.0 Å². The van der Waals surface area contributed by atoms with E-state index in [1.165, 1.54) is 27.4 Å². The Balaban J connectivity index is 1.91. The maximum absolute atomic E-state index is 12.5. The number of nitrogens with zero attached hydrogens (tertiary/aromatic N) is 3. The quantitative estimate of drug-likeness (QED) is 0.674. The van der Waals surface area contributed by atoms with Crippen LogP contribution < -0.4 is 11.0 Å². The fourth-order valence-electron chi connectivity index (χ4n) is 2.88. The Hall–Kier alpha value is -2.48. The second kappa shape index (κ2) is 4.04. The Morgan fingerprint density at radius 2 is 1.91 bits per heavy atom. The lowest BCUT2D eigenvalue weighted by atomic mass is 9.87. The average Bonchev–Trinajstić information content (AvgIpc) is 2.83. The Kier molecular flexibility index (Phi) is 2.42. The zero-order valence-corrected chi connectivity index (χ0v) is 12.2. The summed E-state index contributed by atoms with van der Waals surface area (Å²) in [5, 5.41) is 6.69. The van der Waals surface area contributed by atoms with Crippen LogP contribution in [0.3, 0.4) is 0 Å². The highest BCUT2D eigenvalue weighted by Crippen LogP contribution is 2.36. The summed E-state index contributed by atoms with van der Waals surface area (Å²) in [6, 6.07) is 2.60. The second-order valence-corrected chi connectivity index (χ2v) is 7.33. The smallest absolute Gasteiger partial charge is 0.278 e. The molecular weight excluding hydrogens is 306 g/mol. The molecule has 0 saturated heterocycles. The van der Waals surface area contributed by atoms with E-state index in [1.54, 1.807) is 12.2 Å². The molecule has 0 radical (unpaired) electrons. The minimum atomic E-state index is -3.30. The molecule has 22 heavy (non-hydrogen) atoms. The molecule has 4 rings (SSSR count). The summed E-state index contributed by atoms with van der Waals surface area (Å²) in [5.74, 6) is 0.565. The van der Waals surface area contributed by atoms with Gasteiger partial charge in [0.15, 0.2) is 15.3 Å². The third kappa shape index (κ3) is 1.87. The van der Waals surface area contributed by atoms with Crippen LogP contribution in [0.4, 0.5) is 0 Å². The second-order valence-electron chi connectivity index (χ2n) is 5.60. The van der Waals surface area contributed by atoms with E-state index in [0.29, 0.717) is 18.8 Å². The van der Waals surface area contributed by atoms with Gasteiger partial charge in [-0.15, -0.1) is 0 Å². The summed E-state index contributed by atoms with van der Waals surface area (Å²) in [7, 11) is -3.30. The van der Waals surface area contributed by atoms with Crippen molar-refractivity contribution in [1.82, 2.24) is 14.2 Å². The Morgan fingerprint density at radius 3 is 2.64 bits per heavy atom. The summed E-state index contributed by atoms with van der Waals surface area (Å²) in [6.07, 6.45) is 5.10. The van der Waals surface area contributed by atoms with Gasteiger partial charge in [-0.25, -0.2) is 12.9 Å². The highest BCUT2D eigenvalue weighted by molar-refractivity contribution is 7.97. The van der Waals surface area contributed by atoms with Crippen molar-refractivity contribution in [3.8, 4) is 0 Å². The molecule has 0 unspecified atom stereocenters. The lowest BCUT2D eigenvalue weighted by Gasteiger charge is -2.21. The van der Waals surface area contributed by atoms with Crippen LogP contribution in [-0.4, -0.2) is 22.6 Å². The monoisotopic (exact) mass is 317 g/mol. The number of hydrogen-bond acceptors (Lipinski definition) is 5. The van der Waals surface area contributed by atoms with E-state index in [0.717, 1.165) is 10.8 Å². The van der Waals surface area contributed by atoms with Gasteiger partial charge in [-0.2, -0.15) is 5.10 Å². The van der Waals surface area contributed by atoms with Crippen molar-refractivity contribution >= 4 is 15.4 Å². The molecule has 0 N–H and O–H groups in total. The predicted octanol–water partition coefficient (Wildman–Crippen LogP) is -0.145. The topological polar surface area (TPSA) is 90.5 Å². The van der Waals surface area contributed by atoms with Crippen molar-refractivity contribution < 1.29 is 8.42 Å². The molecule has 2 aliphatic rings. The summed E-state index contributed by atoms with van der Waals surface area (Å²) < 4.78 is 25.8. The molecule has 8 heteroatoms. The summed E-state index contributed by atoms with van der Waals surface area (Å²) in [4.78, 5) is 23.9. The molecule has 0 aliphatic carbocycles. The van der Waals surface area contributed by atoms with Gasteiger partial charge in [0.1, 0.15) is 11.3 Å². The molecule has 1 spiro atoms. The number of pyridine rings is 1. The highest BCUT2D eigenvalue weighted by atomic mass is 32.2. The molecule has 0 aromatic carbocycles. The number of fused-ring (bicyclic) bond motifs is 2. The molecule has 0 fully saturated rings. The molecule has 112 valence electrons. The Bertz CT molecular complexity index is 1070. The highest BCUT2D eigenvalue weighted by Gasteiger charge is 2.37. The standard InChI is InChI=1S/C14H11N3O4S/c18-10-1-4-17-11(7-10)13(19)16-9-14(8-12(16)15-17)2-5-22(20,21)6-3-14/h1-7H,8-9H2. The van der Waals surface area contributed by atoms with Crippen LogP contribution in [0, 0.1) is 5.41 Å². The van der Waals surface area contributed by atoms with Crippen LogP contribution >= 0.6 is 0 Å². The van der Waals surface area contributed by atoms with Crippen LogP contribution in [-0.2, 0) is 22.8 Å². The van der Waals surface area contributed by atoms with Gasteiger partial charge in [0, 0.05) is 47.5 Å². The van der Waals surface area contributed by atoms with Crippen LogP contribution in [0.15, 0.2) is 50.9 Å². The van der Waals surface area contributed by atoms with Gasteiger partial charge in [-0.1, -0.05) is 12.2 Å². The van der Waals surface area contributed by atoms with Gasteiger partial charge in [0.2, 0.25) is 0 Å². The van der Waals surface area contributed by atoms with E-state index in [4.69, 9.17) is 0 Å². The normalized spacial score (nSPS) is 20.5. The van der Waals surface area contributed by atoms with Crippen LogP contribution in [0.25, 0.3) is 5.52 Å². The molecule has 2 aromatic heterocycles. The lowest BCUT2D eigenvalue weighted by Crippen LogP contribution is -2.27. The number of hydrogen-bond donors (Lipinski definition) is 0. The van der Waals surface area contributed by atoms with Crippen molar-refractivity contribution in [3.63, 3.8) is 0 Å². The van der Waals surface area contributed by atoms with Gasteiger partial charge in [-0.05, 0) is 0 Å². The summed E-state index contributed by atoms with van der Waals surface area (Å²) >= 11 is 0. The van der Waals surface area contributed by atoms with Crippen molar-refractivity contribution in [2.75, 3.05) is 0 Å². The molecule has 7 nitrogen and oxygen atoms in total. The molecule has 0 bridgehead atoms. The number of rotatable bonds is 0. The van der Waals surface area contributed by atoms with Gasteiger partial charge < -0.3 is 0 Å². The van der Waals surface area contributed by atoms with E-state index in [1.807, 2.05) is 0 Å². The third-order valence-corrected chi connectivity index (χ3v) is 5.05. The summed E-state index contributed by atoms with van der Waals surface area (Å²) in [6.45, 7) is 0.316. The first-order chi connectivity index (χ1) is 10.4. The van der Waals surface area contributed by atoms with Gasteiger partial charge in [-0.3, -0.25) is 14.2 Å². The predicted molar refractivity (Wildman–Crippen MR) is 79.1 cm³/mol. The van der Waals surface area contributed by atoms with Crippen molar-refractivity contribution in [1.29, 1.82) is 0 Å². The van der Waals surface area contributed by atoms with Crippen LogP contribution in [0.2, 0.25) is 0 Å². The third-order valence-electron chi connectivity index (χ3n) is 4.02. The van der Waals surface area contributed by atoms with Crippen molar-refractivity contribution in [2.24, 2.45) is 5.41 Å². The first-order valence-electron chi connectivity index (χ1n) is 6.64. The first kappa shape index (κ1) is 13.2. The van der Waals surface area contributed by atoms with Gasteiger partial charge >= 0.3 is 0 Å². The number of aromatic nitrogens is 3. The van der Waals surface area contributed by atoms with E-state index >= 15 is 0 Å². The van der Waals surface area contributed by atoms with Gasteiger partial charge in [0.05, 0.1) is 0 Å². The largest absolute Gasteiger partial charge is 0.292 e. The minimum Gasteiger partial charge on any atom is -0.292 e. The fraction of sp³-hybridized carbons (Fsp3) is 0.214. The molecule has 2 aromatic rings. The first-order valence-corrected chi connectivity index (χ1v) is 8.25.